The largest absolute Gasteiger partial charge is 0.411 e. The van der Waals surface area contributed by atoms with E-state index in [1.54, 1.807) is 0 Å². The summed E-state index contributed by atoms with van der Waals surface area (Å²) in [5.74, 6) is 0.852. The summed E-state index contributed by atoms with van der Waals surface area (Å²) in [7, 11) is 0. The second kappa shape index (κ2) is 6.04. The molecule has 1 N–H and O–H groups in total. The Labute approximate surface area is 134 Å². The van der Waals surface area contributed by atoms with Crippen molar-refractivity contribution < 1.29 is 5.21 Å². The van der Waals surface area contributed by atoms with Gasteiger partial charge in [0, 0.05) is 17.5 Å². The molecule has 1 fully saturated rings. The van der Waals surface area contributed by atoms with E-state index in [1.807, 2.05) is 0 Å². The number of oxime groups is 1. The summed E-state index contributed by atoms with van der Waals surface area (Å²) < 4.78 is 0. The highest BCUT2D eigenvalue weighted by Gasteiger charge is 2.38. The van der Waals surface area contributed by atoms with Crippen molar-refractivity contribution in [1.29, 1.82) is 0 Å². The molecule has 3 nitrogen and oxygen atoms in total. The first kappa shape index (κ1) is 15.5. The molecule has 0 radical (unpaired) electrons. The molecule has 1 saturated heterocycles. The molecule has 1 aliphatic heterocycles. The van der Waals surface area contributed by atoms with Crippen LogP contribution in [0.1, 0.15) is 49.8 Å². The first-order valence-electron chi connectivity index (χ1n) is 8.56. The molecule has 120 valence electrons. The van der Waals surface area contributed by atoms with Crippen molar-refractivity contribution in [1.82, 2.24) is 4.90 Å². The Morgan fingerprint density at radius 2 is 2.05 bits per heavy atom. The summed E-state index contributed by atoms with van der Waals surface area (Å²) in [6, 6.07) is 6.50. The van der Waals surface area contributed by atoms with Gasteiger partial charge in [0.15, 0.2) is 0 Å². The van der Waals surface area contributed by atoms with Crippen LogP contribution in [0.15, 0.2) is 23.4 Å². The Hall–Kier alpha value is -1.35. The molecule has 1 aromatic carbocycles. The number of fused-ring (bicyclic) bond motifs is 1. The van der Waals surface area contributed by atoms with Gasteiger partial charge in [-0.1, -0.05) is 42.8 Å². The number of piperidine rings is 1. The molecule has 0 aromatic heterocycles. The number of aryl methyl sites for hydroxylation is 2. The van der Waals surface area contributed by atoms with Crippen LogP contribution in [0.3, 0.4) is 0 Å². The lowest BCUT2D eigenvalue weighted by Gasteiger charge is -2.41. The second-order valence-electron chi connectivity index (χ2n) is 7.63. The Morgan fingerprint density at radius 1 is 1.32 bits per heavy atom. The molecule has 1 heterocycles. The lowest BCUT2D eigenvalue weighted by Crippen LogP contribution is -2.46. The Morgan fingerprint density at radius 3 is 2.73 bits per heavy atom. The minimum atomic E-state index is -0.0441. The van der Waals surface area contributed by atoms with Gasteiger partial charge in [-0.2, -0.15) is 0 Å². The van der Waals surface area contributed by atoms with Crippen molar-refractivity contribution in [2.24, 2.45) is 16.5 Å². The zero-order chi connectivity index (χ0) is 15.7. The molecule has 0 amide bonds. The molecular weight excluding hydrogens is 272 g/mol. The van der Waals surface area contributed by atoms with Gasteiger partial charge in [-0.25, -0.2) is 0 Å². The molecule has 2 aliphatic rings. The molecule has 0 spiro atoms. The van der Waals surface area contributed by atoms with Crippen molar-refractivity contribution in [3.8, 4) is 0 Å². The lowest BCUT2D eigenvalue weighted by molar-refractivity contribution is 0.146. The van der Waals surface area contributed by atoms with Crippen LogP contribution in [0, 0.1) is 18.3 Å². The third kappa shape index (κ3) is 2.91. The van der Waals surface area contributed by atoms with Crippen molar-refractivity contribution in [2.75, 3.05) is 19.6 Å². The van der Waals surface area contributed by atoms with Crippen LogP contribution in [0.5, 0.6) is 0 Å². The minimum absolute atomic E-state index is 0.0441. The van der Waals surface area contributed by atoms with Gasteiger partial charge in [0.05, 0.1) is 5.71 Å². The molecule has 1 aromatic rings. The fourth-order valence-electron chi connectivity index (χ4n) is 4.06. The molecule has 0 saturated carbocycles. The topological polar surface area (TPSA) is 35.8 Å². The predicted molar refractivity (Wildman–Crippen MR) is 90.8 cm³/mol. The fourth-order valence-corrected chi connectivity index (χ4v) is 4.06. The number of benzene rings is 1. The number of rotatable bonds is 2. The molecular formula is C19H28N2O. The van der Waals surface area contributed by atoms with E-state index in [0.29, 0.717) is 0 Å². The molecule has 1 atom stereocenters. The van der Waals surface area contributed by atoms with Gasteiger partial charge in [-0.15, -0.1) is 0 Å². The van der Waals surface area contributed by atoms with Crippen LogP contribution >= 0.6 is 0 Å². The second-order valence-corrected chi connectivity index (χ2v) is 7.63. The molecule has 1 unspecified atom stereocenters. The Bertz CT molecular complexity index is 573. The number of hydrogen-bond acceptors (Lipinski definition) is 3. The van der Waals surface area contributed by atoms with Gasteiger partial charge in [0.1, 0.15) is 0 Å². The van der Waals surface area contributed by atoms with Crippen molar-refractivity contribution >= 4 is 5.71 Å². The van der Waals surface area contributed by atoms with E-state index < -0.39 is 0 Å². The normalized spacial score (nSPS) is 28.8. The van der Waals surface area contributed by atoms with E-state index in [-0.39, 0.29) is 5.41 Å². The minimum Gasteiger partial charge on any atom is -0.411 e. The van der Waals surface area contributed by atoms with Crippen molar-refractivity contribution in [3.05, 3.63) is 34.9 Å². The maximum atomic E-state index is 9.68. The van der Waals surface area contributed by atoms with Gasteiger partial charge >= 0.3 is 0 Å². The van der Waals surface area contributed by atoms with Crippen LogP contribution < -0.4 is 0 Å². The van der Waals surface area contributed by atoms with E-state index in [9.17, 15) is 5.21 Å². The SMILES string of the molecule is Cc1ccc2c(c1)CCC(C)(CN1CCC(C)CC1)/C2=N\O. The van der Waals surface area contributed by atoms with Crippen molar-refractivity contribution in [2.45, 2.75) is 46.5 Å². The quantitative estimate of drug-likeness (QED) is 0.665. The zero-order valence-electron chi connectivity index (χ0n) is 14.1. The summed E-state index contributed by atoms with van der Waals surface area (Å²) in [5, 5.41) is 13.4. The van der Waals surface area contributed by atoms with Crippen molar-refractivity contribution in [3.63, 3.8) is 0 Å². The fraction of sp³-hybridized carbons (Fsp3) is 0.632. The highest BCUT2D eigenvalue weighted by atomic mass is 16.4. The summed E-state index contributed by atoms with van der Waals surface area (Å²) in [5.41, 5.74) is 4.60. The van der Waals surface area contributed by atoms with Crippen LogP contribution in [0.2, 0.25) is 0 Å². The first-order valence-corrected chi connectivity index (χ1v) is 8.56. The highest BCUT2D eigenvalue weighted by Crippen LogP contribution is 2.37. The van der Waals surface area contributed by atoms with E-state index in [0.717, 1.165) is 36.6 Å². The maximum Gasteiger partial charge on any atom is 0.0942 e. The van der Waals surface area contributed by atoms with Gasteiger partial charge in [-0.05, 0) is 57.2 Å². The smallest absolute Gasteiger partial charge is 0.0942 e. The molecule has 0 bridgehead atoms. The monoisotopic (exact) mass is 300 g/mol. The summed E-state index contributed by atoms with van der Waals surface area (Å²) in [6.07, 6.45) is 4.72. The predicted octanol–water partition coefficient (Wildman–Crippen LogP) is 3.86. The summed E-state index contributed by atoms with van der Waals surface area (Å²) in [4.78, 5) is 2.56. The molecule has 1 aliphatic carbocycles. The van der Waals surface area contributed by atoms with Crippen LogP contribution in [0.25, 0.3) is 0 Å². The average molecular weight is 300 g/mol. The average Bonchev–Trinajstić information content (AvgIpc) is 2.50. The number of nitrogens with zero attached hydrogens (tertiary/aromatic N) is 2. The molecule has 3 heteroatoms. The van der Waals surface area contributed by atoms with Gasteiger partial charge in [0.2, 0.25) is 0 Å². The van der Waals surface area contributed by atoms with Crippen LogP contribution in [-0.4, -0.2) is 35.5 Å². The Kier molecular flexibility index (Phi) is 4.26. The van der Waals surface area contributed by atoms with E-state index >= 15 is 0 Å². The highest BCUT2D eigenvalue weighted by molar-refractivity contribution is 6.06. The van der Waals surface area contributed by atoms with Gasteiger partial charge < -0.3 is 10.1 Å². The van der Waals surface area contributed by atoms with Gasteiger partial charge in [-0.3, -0.25) is 0 Å². The summed E-state index contributed by atoms with van der Waals surface area (Å²) in [6.45, 7) is 10.1. The summed E-state index contributed by atoms with van der Waals surface area (Å²) >= 11 is 0. The Balaban J connectivity index is 1.83. The van der Waals surface area contributed by atoms with E-state index in [1.165, 1.54) is 37.1 Å². The van der Waals surface area contributed by atoms with E-state index in [4.69, 9.17) is 0 Å². The van der Waals surface area contributed by atoms with Crippen LogP contribution in [-0.2, 0) is 6.42 Å². The third-order valence-electron chi connectivity index (χ3n) is 5.58. The zero-order valence-corrected chi connectivity index (χ0v) is 14.1. The first-order chi connectivity index (χ1) is 10.5. The van der Waals surface area contributed by atoms with Gasteiger partial charge in [0.25, 0.3) is 0 Å². The van der Waals surface area contributed by atoms with E-state index in [2.05, 4.69) is 49.0 Å². The van der Waals surface area contributed by atoms with Crippen LogP contribution in [0.4, 0.5) is 0 Å². The molecule has 22 heavy (non-hydrogen) atoms. The number of hydrogen-bond donors (Lipinski definition) is 1. The molecule has 3 rings (SSSR count). The third-order valence-corrected chi connectivity index (χ3v) is 5.58. The standard InChI is InChI=1S/C19H28N2O/c1-14-7-10-21(11-8-14)13-19(3)9-6-16-12-15(2)4-5-17(16)18(19)20-22/h4-5,12,14,22H,6-11,13H2,1-3H3/b20-18-. The number of likely N-dealkylation sites (tertiary alicyclic amines) is 1. The lowest BCUT2D eigenvalue weighted by atomic mass is 9.70. The maximum absolute atomic E-state index is 9.68.